The number of nitrogens with zero attached hydrogens (tertiary/aromatic N) is 1. The fourth-order valence-electron chi connectivity index (χ4n) is 5.11. The Bertz CT molecular complexity index is 1640. The van der Waals surface area contributed by atoms with Gasteiger partial charge < -0.3 is 25.2 Å². The Hall–Kier alpha value is -3.16. The van der Waals surface area contributed by atoms with Crippen LogP contribution in [0.3, 0.4) is 0 Å². The van der Waals surface area contributed by atoms with Crippen LogP contribution in [0, 0.1) is 0 Å². The number of carboxylic acid groups (broad SMARTS) is 1. The van der Waals surface area contributed by atoms with Gasteiger partial charge in [-0.05, 0) is 68.5 Å². The van der Waals surface area contributed by atoms with E-state index in [-0.39, 0.29) is 36.3 Å². The smallest absolute Gasteiger partial charge is 0.326 e. The number of hydrogen-bond donors (Lipinski definition) is 5. The molecule has 2 aromatic rings. The minimum Gasteiger partial charge on any atom is -0.480 e. The van der Waals surface area contributed by atoms with E-state index in [0.717, 1.165) is 18.2 Å². The van der Waals surface area contributed by atoms with Crippen LogP contribution < -0.4 is 20.9 Å². The molecule has 1 fully saturated rings. The van der Waals surface area contributed by atoms with Crippen LogP contribution in [0.4, 0.5) is 0 Å². The predicted molar refractivity (Wildman–Crippen MR) is 176 cm³/mol. The number of aliphatic carboxylic acids is 1. The Morgan fingerprint density at radius 1 is 1.06 bits per heavy atom. The molecular weight excluding hydrogens is 690 g/mol. The number of halogens is 1. The van der Waals surface area contributed by atoms with E-state index in [2.05, 4.69) is 10.0 Å². The number of hydrogen-bond acceptors (Lipinski definition) is 11. The second-order valence-electron chi connectivity index (χ2n) is 11.1. The maximum atomic E-state index is 13.5. The number of ether oxygens (including phenoxy) is 2. The largest absolute Gasteiger partial charge is 0.480 e. The zero-order valence-electron chi connectivity index (χ0n) is 26.5. The molecule has 0 saturated carbocycles. The van der Waals surface area contributed by atoms with Gasteiger partial charge >= 0.3 is 11.9 Å². The maximum Gasteiger partial charge on any atom is 0.326 e. The van der Waals surface area contributed by atoms with Gasteiger partial charge in [-0.25, -0.2) is 31.5 Å². The van der Waals surface area contributed by atoms with E-state index in [1.54, 1.807) is 31.2 Å². The molecule has 0 radical (unpaired) electrons. The van der Waals surface area contributed by atoms with Crippen LogP contribution in [0.5, 0.6) is 0 Å². The summed E-state index contributed by atoms with van der Waals surface area (Å²) in [5, 5.41) is 17.6. The number of carbonyl (C=O) groups excluding carboxylic acids is 2. The fraction of sp³-hybridized carbons (Fsp3) is 0.500. The Morgan fingerprint density at radius 3 is 2.38 bits per heavy atom. The van der Waals surface area contributed by atoms with Gasteiger partial charge in [0.05, 0.1) is 35.8 Å². The topological polar surface area (TPSA) is 238 Å². The molecule has 0 unspecified atom stereocenters. The lowest BCUT2D eigenvalue weighted by Crippen LogP contribution is -2.55. The summed E-state index contributed by atoms with van der Waals surface area (Å²) in [6.07, 6.45) is 2.49. The normalized spacial score (nSPS) is 16.4. The summed E-state index contributed by atoms with van der Waals surface area (Å²) in [6.45, 7) is 2.30. The van der Waals surface area contributed by atoms with Crippen LogP contribution in [-0.4, -0.2) is 89.1 Å². The van der Waals surface area contributed by atoms with Crippen LogP contribution in [0.1, 0.15) is 50.2 Å². The van der Waals surface area contributed by atoms with Gasteiger partial charge in [-0.15, -0.1) is 0 Å². The van der Waals surface area contributed by atoms with E-state index in [9.17, 15) is 36.3 Å². The molecule has 1 aliphatic heterocycles. The van der Waals surface area contributed by atoms with Gasteiger partial charge in [0.1, 0.15) is 17.0 Å². The van der Waals surface area contributed by atoms with Crippen LogP contribution in [0.25, 0.3) is 0 Å². The molecule has 1 saturated heterocycles. The second kappa shape index (κ2) is 18.0. The lowest BCUT2D eigenvalue weighted by Gasteiger charge is -2.29. The SMILES string of the molecule is CCOC(=O)[C@H](COCc1ccc(CNS(=O)(=O)c2ccc(Cl)c(S(N)(=O)=O)c2)cc1)N[C@@H](CCCCN)C(=O)N1CCC[C@H]1C(=O)O. The van der Waals surface area contributed by atoms with Crippen molar-refractivity contribution >= 4 is 49.5 Å². The zero-order valence-corrected chi connectivity index (χ0v) is 28.9. The monoisotopic (exact) mass is 731 g/mol. The number of nitrogens with one attached hydrogen (secondary N) is 2. The Labute approximate surface area is 285 Å². The summed E-state index contributed by atoms with van der Waals surface area (Å²) in [4.78, 5) is 38.5. The van der Waals surface area contributed by atoms with Gasteiger partial charge in [0.2, 0.25) is 26.0 Å². The number of nitrogens with two attached hydrogens (primary N) is 2. The molecule has 3 rings (SSSR count). The molecule has 1 amide bonds. The summed E-state index contributed by atoms with van der Waals surface area (Å²) in [5.74, 6) is -2.10. The molecule has 3 atom stereocenters. The summed E-state index contributed by atoms with van der Waals surface area (Å²) in [5.41, 5.74) is 6.93. The second-order valence-corrected chi connectivity index (χ2v) is 14.8. The lowest BCUT2D eigenvalue weighted by atomic mass is 10.1. The van der Waals surface area contributed by atoms with Gasteiger partial charge in [0, 0.05) is 13.1 Å². The minimum absolute atomic E-state index is 0.0731. The molecule has 2 aromatic carbocycles. The number of rotatable bonds is 19. The number of likely N-dealkylation sites (tertiary alicyclic amines) is 1. The quantitative estimate of drug-likeness (QED) is 0.101. The van der Waals surface area contributed by atoms with E-state index in [0.29, 0.717) is 56.3 Å². The number of benzene rings is 2. The molecule has 0 spiro atoms. The van der Waals surface area contributed by atoms with E-state index in [1.807, 2.05) is 0 Å². The number of carbonyl (C=O) groups is 3. The fourth-order valence-corrected chi connectivity index (χ4v) is 7.30. The Balaban J connectivity index is 1.63. The van der Waals surface area contributed by atoms with E-state index in [4.69, 9.17) is 31.9 Å². The molecule has 0 aliphatic carbocycles. The average molecular weight is 732 g/mol. The molecule has 1 heterocycles. The molecule has 0 bridgehead atoms. The average Bonchev–Trinajstić information content (AvgIpc) is 3.53. The molecular formula is C30H42ClN5O10S2. The van der Waals surface area contributed by atoms with Crippen molar-refractivity contribution < 1.29 is 45.8 Å². The first-order chi connectivity index (χ1) is 22.7. The molecule has 0 aromatic heterocycles. The standard InChI is InChI=1S/C30H42ClN5O10S2/c1-2-46-30(40)25(35-24(6-3-4-14-32)28(37)36-15-5-7-26(36)29(38)39)19-45-18-21-10-8-20(9-11-21)17-34-48(43,44)22-12-13-23(31)27(16-22)47(33,41)42/h8-13,16,24-26,34-35H,2-7,14-15,17-19,32H2,1H3,(H,38,39)(H2,33,41,42)/t24-,25-,26-/m0/s1. The number of carboxylic acids is 1. The molecule has 266 valence electrons. The van der Waals surface area contributed by atoms with Gasteiger partial charge in [-0.3, -0.25) is 14.9 Å². The summed E-state index contributed by atoms with van der Waals surface area (Å²) in [7, 11) is -8.35. The lowest BCUT2D eigenvalue weighted by molar-refractivity contribution is -0.151. The van der Waals surface area contributed by atoms with Crippen LogP contribution in [0.2, 0.25) is 5.02 Å². The van der Waals surface area contributed by atoms with E-state index < -0.39 is 60.9 Å². The summed E-state index contributed by atoms with van der Waals surface area (Å²) < 4.78 is 62.4. The van der Waals surface area contributed by atoms with Crippen molar-refractivity contribution in [3.05, 3.63) is 58.6 Å². The first kappa shape index (κ1) is 39.3. The van der Waals surface area contributed by atoms with Crippen molar-refractivity contribution in [1.29, 1.82) is 0 Å². The minimum atomic E-state index is -4.24. The van der Waals surface area contributed by atoms with Gasteiger partial charge in [0.15, 0.2) is 0 Å². The van der Waals surface area contributed by atoms with Gasteiger partial charge in [0.25, 0.3) is 0 Å². The van der Waals surface area contributed by atoms with Crippen molar-refractivity contribution in [2.45, 2.75) is 80.1 Å². The zero-order chi connectivity index (χ0) is 35.5. The van der Waals surface area contributed by atoms with E-state index >= 15 is 0 Å². The molecule has 48 heavy (non-hydrogen) atoms. The third kappa shape index (κ3) is 11.2. The van der Waals surface area contributed by atoms with E-state index in [1.165, 1.54) is 4.90 Å². The van der Waals surface area contributed by atoms with Crippen molar-refractivity contribution in [2.24, 2.45) is 10.9 Å². The highest BCUT2D eigenvalue weighted by Crippen LogP contribution is 2.24. The summed E-state index contributed by atoms with van der Waals surface area (Å²) >= 11 is 5.85. The maximum absolute atomic E-state index is 13.5. The highest BCUT2D eigenvalue weighted by Gasteiger charge is 2.38. The first-order valence-corrected chi connectivity index (χ1v) is 18.7. The predicted octanol–water partition coefficient (Wildman–Crippen LogP) is 1.08. The van der Waals surface area contributed by atoms with Gasteiger partial charge in [-0.2, -0.15) is 0 Å². The Morgan fingerprint density at radius 2 is 1.75 bits per heavy atom. The highest BCUT2D eigenvalue weighted by molar-refractivity contribution is 7.90. The van der Waals surface area contributed by atoms with Crippen molar-refractivity contribution in [1.82, 2.24) is 14.9 Å². The van der Waals surface area contributed by atoms with Gasteiger partial charge in [-0.1, -0.05) is 42.3 Å². The number of unbranched alkanes of at least 4 members (excludes halogenated alkanes) is 1. The van der Waals surface area contributed by atoms with Crippen LogP contribution in [0.15, 0.2) is 52.3 Å². The first-order valence-electron chi connectivity index (χ1n) is 15.3. The number of esters is 1. The third-order valence-electron chi connectivity index (χ3n) is 7.60. The number of amides is 1. The van der Waals surface area contributed by atoms with Crippen molar-refractivity contribution in [3.63, 3.8) is 0 Å². The van der Waals surface area contributed by atoms with Crippen LogP contribution in [-0.2, 0) is 57.1 Å². The molecule has 7 N–H and O–H groups in total. The van der Waals surface area contributed by atoms with Crippen molar-refractivity contribution in [3.8, 4) is 0 Å². The number of primary sulfonamides is 1. The number of sulfonamides is 2. The Kier molecular flexibility index (Phi) is 14.7. The van der Waals surface area contributed by atoms with Crippen molar-refractivity contribution in [2.75, 3.05) is 26.3 Å². The highest BCUT2D eigenvalue weighted by atomic mass is 35.5. The van der Waals surface area contributed by atoms with Crippen LogP contribution >= 0.6 is 11.6 Å². The molecule has 18 heteroatoms. The summed E-state index contributed by atoms with van der Waals surface area (Å²) in [6, 6.07) is 7.14. The molecule has 1 aliphatic rings. The molecule has 15 nitrogen and oxygen atoms in total. The third-order valence-corrected chi connectivity index (χ3v) is 10.4.